The summed E-state index contributed by atoms with van der Waals surface area (Å²) in [6, 6.07) is 0. The molecule has 94 valence electrons. The highest BCUT2D eigenvalue weighted by atomic mass is 16.5. The number of amides is 1. The molecule has 0 rings (SSSR count). The van der Waals surface area contributed by atoms with E-state index in [1.807, 2.05) is 20.8 Å². The second-order valence-corrected chi connectivity index (χ2v) is 4.37. The molecule has 2 unspecified atom stereocenters. The summed E-state index contributed by atoms with van der Waals surface area (Å²) in [6.07, 6.45) is 2.16. The first-order valence-electron chi connectivity index (χ1n) is 5.81. The number of hydrogen-bond donors (Lipinski definition) is 1. The van der Waals surface area contributed by atoms with Crippen molar-refractivity contribution in [1.29, 1.82) is 0 Å². The fourth-order valence-electron chi connectivity index (χ4n) is 1.52. The van der Waals surface area contributed by atoms with Gasteiger partial charge in [0, 0.05) is 5.92 Å². The van der Waals surface area contributed by atoms with Crippen molar-refractivity contribution >= 4 is 11.9 Å². The second kappa shape index (κ2) is 6.51. The van der Waals surface area contributed by atoms with Gasteiger partial charge in [0.25, 0.3) is 0 Å². The minimum Gasteiger partial charge on any atom is -0.467 e. The van der Waals surface area contributed by atoms with Crippen LogP contribution in [0.5, 0.6) is 0 Å². The van der Waals surface area contributed by atoms with E-state index in [2.05, 4.69) is 5.32 Å². The van der Waals surface area contributed by atoms with Crippen molar-refractivity contribution in [2.24, 2.45) is 5.92 Å². The van der Waals surface area contributed by atoms with Crippen LogP contribution in [0.1, 0.15) is 47.0 Å². The van der Waals surface area contributed by atoms with E-state index >= 15 is 0 Å². The average molecular weight is 229 g/mol. The SMILES string of the molecule is CCCC(C)(NC(=O)C(C)CC)C(=O)OC. The van der Waals surface area contributed by atoms with Crippen LogP contribution in [-0.2, 0) is 14.3 Å². The van der Waals surface area contributed by atoms with Crippen LogP contribution in [-0.4, -0.2) is 24.5 Å². The lowest BCUT2D eigenvalue weighted by atomic mass is 9.94. The van der Waals surface area contributed by atoms with Gasteiger partial charge in [-0.1, -0.05) is 27.2 Å². The van der Waals surface area contributed by atoms with Crippen LogP contribution >= 0.6 is 0 Å². The molecule has 2 atom stereocenters. The minimum absolute atomic E-state index is 0.0826. The van der Waals surface area contributed by atoms with Gasteiger partial charge in [0.1, 0.15) is 5.54 Å². The summed E-state index contributed by atoms with van der Waals surface area (Å²) >= 11 is 0. The maximum atomic E-state index is 11.8. The zero-order chi connectivity index (χ0) is 12.8. The van der Waals surface area contributed by atoms with Crippen molar-refractivity contribution in [3.8, 4) is 0 Å². The molecule has 1 amide bonds. The Morgan fingerprint density at radius 3 is 2.31 bits per heavy atom. The molecule has 0 fully saturated rings. The zero-order valence-electron chi connectivity index (χ0n) is 10.9. The van der Waals surface area contributed by atoms with E-state index in [1.165, 1.54) is 7.11 Å². The molecule has 0 aromatic heterocycles. The van der Waals surface area contributed by atoms with Gasteiger partial charge in [-0.2, -0.15) is 0 Å². The van der Waals surface area contributed by atoms with E-state index in [0.717, 1.165) is 12.8 Å². The fourth-order valence-corrected chi connectivity index (χ4v) is 1.52. The first-order valence-corrected chi connectivity index (χ1v) is 5.81. The third-order valence-electron chi connectivity index (χ3n) is 2.84. The molecule has 0 aromatic rings. The van der Waals surface area contributed by atoms with Crippen LogP contribution in [0, 0.1) is 5.92 Å². The number of carbonyl (C=O) groups excluding carboxylic acids is 2. The number of ether oxygens (including phenoxy) is 1. The Balaban J connectivity index is 4.67. The summed E-state index contributed by atoms with van der Waals surface area (Å²) in [5, 5.41) is 2.78. The van der Waals surface area contributed by atoms with E-state index in [4.69, 9.17) is 4.74 Å². The quantitative estimate of drug-likeness (QED) is 0.707. The molecule has 0 aliphatic carbocycles. The molecular formula is C12H23NO3. The van der Waals surface area contributed by atoms with Gasteiger partial charge in [-0.05, 0) is 19.8 Å². The largest absolute Gasteiger partial charge is 0.467 e. The molecule has 0 aliphatic heterocycles. The van der Waals surface area contributed by atoms with Crippen molar-refractivity contribution in [3.63, 3.8) is 0 Å². The van der Waals surface area contributed by atoms with Gasteiger partial charge in [-0.3, -0.25) is 4.79 Å². The van der Waals surface area contributed by atoms with Gasteiger partial charge in [-0.25, -0.2) is 4.79 Å². The lowest BCUT2D eigenvalue weighted by molar-refractivity contribution is -0.151. The Kier molecular flexibility index (Phi) is 6.08. The van der Waals surface area contributed by atoms with E-state index in [0.29, 0.717) is 6.42 Å². The van der Waals surface area contributed by atoms with Gasteiger partial charge in [0.05, 0.1) is 7.11 Å². The third-order valence-corrected chi connectivity index (χ3v) is 2.84. The second-order valence-electron chi connectivity index (χ2n) is 4.37. The minimum atomic E-state index is -0.899. The number of nitrogens with one attached hydrogen (secondary N) is 1. The molecule has 0 aromatic carbocycles. The van der Waals surface area contributed by atoms with Gasteiger partial charge in [0.2, 0.25) is 5.91 Å². The number of esters is 1. The van der Waals surface area contributed by atoms with Crippen LogP contribution in [0.25, 0.3) is 0 Å². The predicted octanol–water partition coefficient (Wildman–Crippen LogP) is 1.88. The van der Waals surface area contributed by atoms with Crippen molar-refractivity contribution in [1.82, 2.24) is 5.32 Å². The molecule has 4 heteroatoms. The lowest BCUT2D eigenvalue weighted by Gasteiger charge is -2.28. The standard InChI is InChI=1S/C12H23NO3/c1-6-8-12(4,11(15)16-5)13-10(14)9(3)7-2/h9H,6-8H2,1-5H3,(H,13,14). The van der Waals surface area contributed by atoms with E-state index in [1.54, 1.807) is 6.92 Å². The number of carbonyl (C=O) groups is 2. The van der Waals surface area contributed by atoms with Crippen molar-refractivity contribution in [2.45, 2.75) is 52.5 Å². The maximum Gasteiger partial charge on any atom is 0.331 e. The Morgan fingerprint density at radius 2 is 1.94 bits per heavy atom. The topological polar surface area (TPSA) is 55.4 Å². The van der Waals surface area contributed by atoms with Crippen molar-refractivity contribution < 1.29 is 14.3 Å². The lowest BCUT2D eigenvalue weighted by Crippen LogP contribution is -2.54. The molecule has 0 spiro atoms. The summed E-state index contributed by atoms with van der Waals surface area (Å²) < 4.78 is 4.73. The first kappa shape index (κ1) is 14.9. The van der Waals surface area contributed by atoms with E-state index in [-0.39, 0.29) is 17.8 Å². The summed E-state index contributed by atoms with van der Waals surface area (Å²) in [7, 11) is 1.34. The molecule has 0 radical (unpaired) electrons. The smallest absolute Gasteiger partial charge is 0.331 e. The third kappa shape index (κ3) is 3.83. The van der Waals surface area contributed by atoms with Crippen LogP contribution in [0.15, 0.2) is 0 Å². The summed E-state index contributed by atoms with van der Waals surface area (Å²) in [5.74, 6) is -0.560. The summed E-state index contributed by atoms with van der Waals surface area (Å²) in [4.78, 5) is 23.4. The van der Waals surface area contributed by atoms with Crippen molar-refractivity contribution in [2.75, 3.05) is 7.11 Å². The maximum absolute atomic E-state index is 11.8. The predicted molar refractivity (Wildman–Crippen MR) is 62.9 cm³/mol. The highest BCUT2D eigenvalue weighted by molar-refractivity contribution is 5.88. The summed E-state index contributed by atoms with van der Waals surface area (Å²) in [5.41, 5.74) is -0.899. The van der Waals surface area contributed by atoms with Gasteiger partial charge in [-0.15, -0.1) is 0 Å². The van der Waals surface area contributed by atoms with Crippen LogP contribution in [0.2, 0.25) is 0 Å². The Hall–Kier alpha value is -1.06. The Bertz CT molecular complexity index is 253. The van der Waals surface area contributed by atoms with Gasteiger partial charge < -0.3 is 10.1 Å². The van der Waals surface area contributed by atoms with E-state index in [9.17, 15) is 9.59 Å². The summed E-state index contributed by atoms with van der Waals surface area (Å²) in [6.45, 7) is 7.47. The van der Waals surface area contributed by atoms with Crippen LogP contribution in [0.3, 0.4) is 0 Å². The Labute approximate surface area is 97.7 Å². The zero-order valence-corrected chi connectivity index (χ0v) is 10.9. The molecule has 1 N–H and O–H groups in total. The molecule has 0 saturated heterocycles. The van der Waals surface area contributed by atoms with Gasteiger partial charge >= 0.3 is 5.97 Å². The van der Waals surface area contributed by atoms with Crippen molar-refractivity contribution in [3.05, 3.63) is 0 Å². The van der Waals surface area contributed by atoms with Crippen LogP contribution < -0.4 is 5.32 Å². The molecule has 4 nitrogen and oxygen atoms in total. The van der Waals surface area contributed by atoms with Crippen LogP contribution in [0.4, 0.5) is 0 Å². The highest BCUT2D eigenvalue weighted by Crippen LogP contribution is 2.15. The van der Waals surface area contributed by atoms with E-state index < -0.39 is 5.54 Å². The fraction of sp³-hybridized carbons (Fsp3) is 0.833. The Morgan fingerprint density at radius 1 is 1.38 bits per heavy atom. The monoisotopic (exact) mass is 229 g/mol. The highest BCUT2D eigenvalue weighted by Gasteiger charge is 2.35. The molecule has 16 heavy (non-hydrogen) atoms. The van der Waals surface area contributed by atoms with Gasteiger partial charge in [0.15, 0.2) is 0 Å². The number of rotatable bonds is 6. The average Bonchev–Trinajstić information content (AvgIpc) is 2.26. The molecule has 0 bridgehead atoms. The molecule has 0 heterocycles. The molecular weight excluding hydrogens is 206 g/mol. The molecule has 0 aliphatic rings. The first-order chi connectivity index (χ1) is 7.41. The number of hydrogen-bond acceptors (Lipinski definition) is 3. The molecule has 0 saturated carbocycles. The normalized spacial score (nSPS) is 16.1. The number of methoxy groups -OCH3 is 1.